The lowest BCUT2D eigenvalue weighted by Gasteiger charge is -2.11. The maximum atomic E-state index is 11.9. The van der Waals surface area contributed by atoms with Crippen molar-refractivity contribution in [3.05, 3.63) is 12.7 Å². The van der Waals surface area contributed by atoms with Crippen molar-refractivity contribution in [1.82, 2.24) is 0 Å². The summed E-state index contributed by atoms with van der Waals surface area (Å²) in [6.07, 6.45) is 14.3. The summed E-state index contributed by atoms with van der Waals surface area (Å²) >= 11 is 8.34. The number of thiocarbonyl (C=S) groups is 1. The number of ether oxygens (including phenoxy) is 2. The van der Waals surface area contributed by atoms with Gasteiger partial charge in [0.05, 0.1) is 0 Å². The molecule has 162 valence electrons. The second-order valence-corrected chi connectivity index (χ2v) is 10.2. The van der Waals surface area contributed by atoms with Crippen LogP contribution < -0.4 is 0 Å². The molecule has 1 atom stereocenters. The van der Waals surface area contributed by atoms with Crippen molar-refractivity contribution in [1.29, 1.82) is 0 Å². The first-order chi connectivity index (χ1) is 13.5. The molecule has 4 nitrogen and oxygen atoms in total. The van der Waals surface area contributed by atoms with Crippen LogP contribution in [0.1, 0.15) is 78.1 Å². The zero-order valence-corrected chi connectivity index (χ0v) is 19.9. The van der Waals surface area contributed by atoms with E-state index in [0.717, 1.165) is 21.8 Å². The molecule has 0 bridgehead atoms. The van der Waals surface area contributed by atoms with Crippen LogP contribution >= 0.6 is 35.7 Å². The largest absolute Gasteiger partial charge is 0.461 e. The van der Waals surface area contributed by atoms with E-state index >= 15 is 0 Å². The Hall–Kier alpha value is -0.530. The van der Waals surface area contributed by atoms with Crippen LogP contribution in [0.25, 0.3) is 0 Å². The van der Waals surface area contributed by atoms with E-state index in [4.69, 9.17) is 21.7 Å². The molecule has 7 heteroatoms. The molecule has 0 heterocycles. The zero-order valence-electron chi connectivity index (χ0n) is 17.4. The van der Waals surface area contributed by atoms with Crippen molar-refractivity contribution >= 4 is 51.2 Å². The van der Waals surface area contributed by atoms with Crippen LogP contribution in [0.5, 0.6) is 0 Å². The highest BCUT2D eigenvalue weighted by molar-refractivity contribution is 8.47. The van der Waals surface area contributed by atoms with Gasteiger partial charge in [0.25, 0.3) is 0 Å². The smallest absolute Gasteiger partial charge is 0.330 e. The highest BCUT2D eigenvalue weighted by Gasteiger charge is 2.17. The molecular formula is C21H36O4S3. The molecule has 0 saturated carbocycles. The topological polar surface area (TPSA) is 52.6 Å². The minimum Gasteiger partial charge on any atom is -0.461 e. The molecule has 0 amide bonds. The third-order valence-corrected chi connectivity index (χ3v) is 6.81. The Kier molecular flexibility index (Phi) is 19.4. The molecule has 0 rings (SSSR count). The first-order valence-electron chi connectivity index (χ1n) is 10.3. The summed E-state index contributed by atoms with van der Waals surface area (Å²) in [6, 6.07) is 0. The minimum absolute atomic E-state index is 0.0336. The molecule has 1 unspecified atom stereocenters. The Morgan fingerprint density at radius 2 is 1.50 bits per heavy atom. The average Bonchev–Trinajstić information content (AvgIpc) is 2.68. The maximum Gasteiger partial charge on any atom is 0.330 e. The molecule has 0 radical (unpaired) electrons. The van der Waals surface area contributed by atoms with E-state index in [1.165, 1.54) is 69.5 Å². The Morgan fingerprint density at radius 1 is 0.964 bits per heavy atom. The quantitative estimate of drug-likeness (QED) is 0.112. The van der Waals surface area contributed by atoms with E-state index in [1.807, 2.05) is 0 Å². The fraction of sp³-hybridized carbons (Fsp3) is 0.762. The number of carbonyl (C=O) groups is 2. The first kappa shape index (κ1) is 27.5. The van der Waals surface area contributed by atoms with Gasteiger partial charge in [-0.05, 0) is 19.1 Å². The summed E-state index contributed by atoms with van der Waals surface area (Å²) in [6.45, 7) is 7.40. The van der Waals surface area contributed by atoms with Gasteiger partial charge >= 0.3 is 11.9 Å². The second kappa shape index (κ2) is 19.8. The molecule has 0 spiro atoms. The zero-order chi connectivity index (χ0) is 21.0. The van der Waals surface area contributed by atoms with E-state index in [0.29, 0.717) is 0 Å². The molecule has 0 aromatic carbocycles. The van der Waals surface area contributed by atoms with Gasteiger partial charge in [0, 0.05) is 6.08 Å². The average molecular weight is 449 g/mol. The summed E-state index contributed by atoms with van der Waals surface area (Å²) in [4.78, 5) is 22.8. The van der Waals surface area contributed by atoms with Crippen molar-refractivity contribution in [2.75, 3.05) is 19.0 Å². The van der Waals surface area contributed by atoms with E-state index < -0.39 is 5.97 Å². The van der Waals surface area contributed by atoms with Gasteiger partial charge < -0.3 is 9.47 Å². The molecular weight excluding hydrogens is 412 g/mol. The number of thioether (sulfide) groups is 2. The molecule has 0 aliphatic carbocycles. The summed E-state index contributed by atoms with van der Waals surface area (Å²) in [5.74, 6) is 0.131. The fourth-order valence-corrected chi connectivity index (χ4v) is 5.04. The molecule has 0 aromatic rings. The van der Waals surface area contributed by atoms with Crippen LogP contribution in [0, 0.1) is 0 Å². The Bertz CT molecular complexity index is 455. The van der Waals surface area contributed by atoms with Crippen LogP contribution in [0.4, 0.5) is 0 Å². The predicted molar refractivity (Wildman–Crippen MR) is 126 cm³/mol. The number of hydrogen-bond donors (Lipinski definition) is 0. The van der Waals surface area contributed by atoms with Gasteiger partial charge in [0.15, 0.2) is 0 Å². The highest BCUT2D eigenvalue weighted by atomic mass is 32.2. The molecule has 28 heavy (non-hydrogen) atoms. The second-order valence-electron chi connectivity index (χ2n) is 6.58. The van der Waals surface area contributed by atoms with Gasteiger partial charge in [-0.15, -0.1) is 11.8 Å². The number of unbranched alkanes of at least 4 members (excludes halogenated alkanes) is 9. The van der Waals surface area contributed by atoms with Gasteiger partial charge in [0.2, 0.25) is 0 Å². The van der Waals surface area contributed by atoms with Gasteiger partial charge in [-0.1, -0.05) is 95.3 Å². The third-order valence-electron chi connectivity index (χ3n) is 4.06. The van der Waals surface area contributed by atoms with Crippen molar-refractivity contribution < 1.29 is 19.1 Å². The molecule has 0 fully saturated rings. The van der Waals surface area contributed by atoms with Gasteiger partial charge in [-0.3, -0.25) is 4.79 Å². The molecule has 0 aliphatic heterocycles. The SMILES string of the molecule is C=CC(=O)OCCOC(=O)C(C)SC(=S)SCCCCCCCCCCCC. The predicted octanol–water partition coefficient (Wildman–Crippen LogP) is 6.32. The Morgan fingerprint density at radius 3 is 2.07 bits per heavy atom. The minimum atomic E-state index is -0.525. The lowest BCUT2D eigenvalue weighted by Crippen LogP contribution is -2.20. The molecule has 0 saturated heterocycles. The van der Waals surface area contributed by atoms with E-state index in [2.05, 4.69) is 13.5 Å². The lowest BCUT2D eigenvalue weighted by molar-refractivity contribution is -0.148. The highest BCUT2D eigenvalue weighted by Crippen LogP contribution is 2.24. The molecule has 0 aliphatic rings. The van der Waals surface area contributed by atoms with E-state index in [1.54, 1.807) is 18.7 Å². The number of hydrogen-bond acceptors (Lipinski definition) is 7. The lowest BCUT2D eigenvalue weighted by atomic mass is 10.1. The summed E-state index contributed by atoms with van der Waals surface area (Å²) < 4.78 is 10.6. The normalized spacial score (nSPS) is 11.6. The van der Waals surface area contributed by atoms with Crippen molar-refractivity contribution in [2.24, 2.45) is 0 Å². The van der Waals surface area contributed by atoms with Gasteiger partial charge in [0.1, 0.15) is 22.0 Å². The molecule has 0 aromatic heterocycles. The van der Waals surface area contributed by atoms with Crippen LogP contribution in [0.3, 0.4) is 0 Å². The standard InChI is InChI=1S/C21H36O4S3/c1-4-6-7-8-9-10-11-12-13-14-17-27-21(26)28-18(3)20(23)25-16-15-24-19(22)5-2/h5,18H,2,4,6-17H2,1,3H3. The fourth-order valence-electron chi connectivity index (χ4n) is 2.43. The van der Waals surface area contributed by atoms with E-state index in [9.17, 15) is 9.59 Å². The van der Waals surface area contributed by atoms with Gasteiger partial charge in [-0.25, -0.2) is 4.79 Å². The maximum absolute atomic E-state index is 11.9. The Labute approximate surface area is 185 Å². The van der Waals surface area contributed by atoms with Crippen LogP contribution in [0.15, 0.2) is 12.7 Å². The summed E-state index contributed by atoms with van der Waals surface area (Å²) in [5.41, 5.74) is 0. The molecule has 0 N–H and O–H groups in total. The number of carbonyl (C=O) groups excluding carboxylic acids is 2. The van der Waals surface area contributed by atoms with Gasteiger partial charge in [-0.2, -0.15) is 0 Å². The third kappa shape index (κ3) is 17.6. The first-order valence-corrected chi connectivity index (χ1v) is 12.6. The summed E-state index contributed by atoms with van der Waals surface area (Å²) in [7, 11) is 0. The monoisotopic (exact) mass is 448 g/mol. The number of esters is 2. The number of rotatable bonds is 17. The van der Waals surface area contributed by atoms with Crippen molar-refractivity contribution in [3.8, 4) is 0 Å². The summed E-state index contributed by atoms with van der Waals surface area (Å²) in [5, 5.41) is -0.359. The van der Waals surface area contributed by atoms with Crippen molar-refractivity contribution in [3.63, 3.8) is 0 Å². The van der Waals surface area contributed by atoms with Crippen LogP contribution in [-0.2, 0) is 19.1 Å². The van der Waals surface area contributed by atoms with Crippen LogP contribution in [0.2, 0.25) is 0 Å². The Balaban J connectivity index is 3.55. The van der Waals surface area contributed by atoms with E-state index in [-0.39, 0.29) is 24.4 Å². The van der Waals surface area contributed by atoms with Crippen LogP contribution in [-0.4, -0.2) is 39.7 Å². The van der Waals surface area contributed by atoms with Crippen molar-refractivity contribution in [2.45, 2.75) is 83.3 Å².